The van der Waals surface area contributed by atoms with E-state index in [1.54, 1.807) is 12.1 Å². The van der Waals surface area contributed by atoms with Crippen molar-refractivity contribution < 1.29 is 15.0 Å². The maximum absolute atomic E-state index is 12.6. The molecule has 2 fully saturated rings. The zero-order valence-electron chi connectivity index (χ0n) is 13.4. The molecular weight excluding hydrogens is 288 g/mol. The third-order valence-corrected chi connectivity index (χ3v) is 6.99. The van der Waals surface area contributed by atoms with Crippen LogP contribution in [0.5, 0.6) is 5.75 Å². The molecule has 0 spiro atoms. The zero-order valence-corrected chi connectivity index (χ0v) is 13.4. The number of aromatic hydroxyl groups is 1. The third-order valence-electron chi connectivity index (χ3n) is 6.99. The lowest BCUT2D eigenvalue weighted by atomic mass is 9.53. The Bertz CT molecular complexity index is 731. The zero-order chi connectivity index (χ0) is 16.4. The molecule has 1 aromatic carbocycles. The van der Waals surface area contributed by atoms with Gasteiger partial charge in [-0.2, -0.15) is 0 Å². The molecule has 0 saturated heterocycles. The molecular formula is C20H22O3. The second kappa shape index (κ2) is 4.61. The van der Waals surface area contributed by atoms with E-state index >= 15 is 0 Å². The summed E-state index contributed by atoms with van der Waals surface area (Å²) in [7, 11) is 0. The maximum atomic E-state index is 12.6. The summed E-state index contributed by atoms with van der Waals surface area (Å²) in [5.74, 6) is 3.78. The average Bonchev–Trinajstić information content (AvgIpc) is 2.80. The molecule has 1 aromatic rings. The predicted molar refractivity (Wildman–Crippen MR) is 87.1 cm³/mol. The fourth-order valence-corrected chi connectivity index (χ4v) is 5.64. The molecule has 0 unspecified atom stereocenters. The van der Waals surface area contributed by atoms with Gasteiger partial charge in [0.25, 0.3) is 0 Å². The second-order valence-corrected chi connectivity index (χ2v) is 7.78. The lowest BCUT2D eigenvalue weighted by Gasteiger charge is -2.51. The normalized spacial score (nSPS) is 41.6. The van der Waals surface area contributed by atoms with Crippen LogP contribution in [-0.2, 0) is 0 Å². The largest absolute Gasteiger partial charge is 0.508 e. The topological polar surface area (TPSA) is 57.5 Å². The van der Waals surface area contributed by atoms with Crippen LogP contribution < -0.4 is 0 Å². The molecule has 4 rings (SSSR count). The first-order chi connectivity index (χ1) is 10.9. The van der Waals surface area contributed by atoms with Crippen molar-refractivity contribution in [3.8, 4) is 18.1 Å². The van der Waals surface area contributed by atoms with Gasteiger partial charge in [-0.15, -0.1) is 6.42 Å². The molecule has 3 aliphatic carbocycles. The number of fused-ring (bicyclic) bond motifs is 5. The summed E-state index contributed by atoms with van der Waals surface area (Å²) in [4.78, 5) is 12.6. The quantitative estimate of drug-likeness (QED) is 0.723. The van der Waals surface area contributed by atoms with E-state index in [4.69, 9.17) is 6.42 Å². The lowest BCUT2D eigenvalue weighted by molar-refractivity contribution is -0.0629. The number of carbonyl (C=O) groups is 1. The van der Waals surface area contributed by atoms with Crippen LogP contribution in [0.1, 0.15) is 60.9 Å². The van der Waals surface area contributed by atoms with Crippen LogP contribution >= 0.6 is 0 Å². The SMILES string of the molecule is C#C[C@]1(O)CC[C@@H]2[C@@H]3CC(=O)c4cc(O)ccc4[C@H]3CC[C@@]21C. The molecule has 0 radical (unpaired) electrons. The van der Waals surface area contributed by atoms with Crippen molar-refractivity contribution in [1.29, 1.82) is 0 Å². The fraction of sp³-hybridized carbons (Fsp3) is 0.550. The molecule has 120 valence electrons. The summed E-state index contributed by atoms with van der Waals surface area (Å²) in [5, 5.41) is 20.6. The molecule has 2 saturated carbocycles. The number of Topliss-reactive ketones (excluding diaryl/α,β-unsaturated/α-hetero) is 1. The first kappa shape index (κ1) is 14.8. The number of aliphatic hydroxyl groups is 1. The molecule has 3 aliphatic rings. The van der Waals surface area contributed by atoms with Gasteiger partial charge in [-0.25, -0.2) is 0 Å². The first-order valence-corrected chi connectivity index (χ1v) is 8.46. The van der Waals surface area contributed by atoms with Crippen LogP contribution in [0.2, 0.25) is 0 Å². The van der Waals surface area contributed by atoms with Crippen LogP contribution in [0.4, 0.5) is 0 Å². The molecule has 3 nitrogen and oxygen atoms in total. The molecule has 0 bridgehead atoms. The number of phenolic OH excluding ortho intramolecular Hbond substituents is 1. The number of terminal acetylenes is 1. The van der Waals surface area contributed by atoms with Crippen molar-refractivity contribution in [1.82, 2.24) is 0 Å². The summed E-state index contributed by atoms with van der Waals surface area (Å²) in [6.07, 6.45) is 9.49. The van der Waals surface area contributed by atoms with E-state index in [9.17, 15) is 15.0 Å². The molecule has 0 aromatic heterocycles. The van der Waals surface area contributed by atoms with Gasteiger partial charge in [0.05, 0.1) is 0 Å². The monoisotopic (exact) mass is 310 g/mol. The number of hydrogen-bond acceptors (Lipinski definition) is 3. The van der Waals surface area contributed by atoms with Gasteiger partial charge in [0, 0.05) is 17.4 Å². The van der Waals surface area contributed by atoms with Gasteiger partial charge >= 0.3 is 0 Å². The summed E-state index contributed by atoms with van der Waals surface area (Å²) in [5.41, 5.74) is 0.417. The number of benzene rings is 1. The lowest BCUT2D eigenvalue weighted by Crippen LogP contribution is -2.50. The van der Waals surface area contributed by atoms with E-state index in [-0.39, 0.29) is 28.8 Å². The Kier molecular flexibility index (Phi) is 2.96. The Morgan fingerprint density at radius 2 is 2.09 bits per heavy atom. The Morgan fingerprint density at radius 3 is 2.83 bits per heavy atom. The molecule has 2 N–H and O–H groups in total. The van der Waals surface area contributed by atoms with Gasteiger partial charge in [0.15, 0.2) is 5.78 Å². The second-order valence-electron chi connectivity index (χ2n) is 7.78. The predicted octanol–water partition coefficient (Wildman–Crippen LogP) is 3.25. The fourth-order valence-electron chi connectivity index (χ4n) is 5.64. The number of hydrogen-bond donors (Lipinski definition) is 2. The van der Waals surface area contributed by atoms with E-state index < -0.39 is 5.60 Å². The standard InChI is InChI=1S/C20H22O3/c1-3-20(23)9-7-17-15-11-18(22)16-10-12(21)4-5-13(16)14(15)6-8-19(17,20)2/h1,4-5,10,14-15,17,21,23H,6-9,11H2,2H3/t14-,15-,17-,19+,20+/m1/s1. The van der Waals surface area contributed by atoms with Crippen molar-refractivity contribution >= 4 is 5.78 Å². The first-order valence-electron chi connectivity index (χ1n) is 8.46. The molecule has 3 heteroatoms. The van der Waals surface area contributed by atoms with Crippen molar-refractivity contribution in [3.63, 3.8) is 0 Å². The summed E-state index contributed by atoms with van der Waals surface area (Å²) >= 11 is 0. The minimum atomic E-state index is -1.04. The van der Waals surface area contributed by atoms with Gasteiger partial charge < -0.3 is 10.2 Å². The van der Waals surface area contributed by atoms with Gasteiger partial charge in [0.2, 0.25) is 0 Å². The van der Waals surface area contributed by atoms with E-state index in [2.05, 4.69) is 12.8 Å². The highest BCUT2D eigenvalue weighted by molar-refractivity contribution is 5.99. The Morgan fingerprint density at radius 1 is 1.30 bits per heavy atom. The maximum Gasteiger partial charge on any atom is 0.163 e. The number of phenols is 1. The minimum absolute atomic E-state index is 0.109. The number of ketones is 1. The minimum Gasteiger partial charge on any atom is -0.508 e. The van der Waals surface area contributed by atoms with Crippen LogP contribution in [0.15, 0.2) is 18.2 Å². The van der Waals surface area contributed by atoms with Crippen LogP contribution in [0.25, 0.3) is 0 Å². The Balaban J connectivity index is 1.77. The van der Waals surface area contributed by atoms with E-state index in [1.807, 2.05) is 6.07 Å². The molecule has 0 amide bonds. The van der Waals surface area contributed by atoms with Crippen molar-refractivity contribution in [2.45, 2.75) is 50.5 Å². The highest BCUT2D eigenvalue weighted by atomic mass is 16.3. The van der Waals surface area contributed by atoms with Gasteiger partial charge in [-0.1, -0.05) is 18.9 Å². The Hall–Kier alpha value is -1.79. The Labute approximate surface area is 136 Å². The summed E-state index contributed by atoms with van der Waals surface area (Å²) in [6.45, 7) is 2.11. The number of rotatable bonds is 0. The average molecular weight is 310 g/mol. The van der Waals surface area contributed by atoms with Crippen molar-refractivity contribution in [2.24, 2.45) is 17.3 Å². The molecule has 0 heterocycles. The van der Waals surface area contributed by atoms with Crippen molar-refractivity contribution in [3.05, 3.63) is 29.3 Å². The van der Waals surface area contributed by atoms with E-state index in [1.165, 1.54) is 0 Å². The number of carbonyl (C=O) groups excluding carboxylic acids is 1. The molecule has 23 heavy (non-hydrogen) atoms. The molecule has 0 aliphatic heterocycles. The van der Waals surface area contributed by atoms with E-state index in [0.29, 0.717) is 24.3 Å². The third kappa shape index (κ3) is 1.79. The smallest absolute Gasteiger partial charge is 0.163 e. The van der Waals surface area contributed by atoms with Gasteiger partial charge in [-0.3, -0.25) is 4.79 Å². The van der Waals surface area contributed by atoms with Gasteiger partial charge in [-0.05, 0) is 61.1 Å². The van der Waals surface area contributed by atoms with Gasteiger partial charge in [0.1, 0.15) is 11.4 Å². The van der Waals surface area contributed by atoms with Crippen LogP contribution in [0, 0.1) is 29.6 Å². The highest BCUT2D eigenvalue weighted by Gasteiger charge is 2.61. The molecule has 5 atom stereocenters. The highest BCUT2D eigenvalue weighted by Crippen LogP contribution is 2.64. The summed E-state index contributed by atoms with van der Waals surface area (Å²) in [6, 6.07) is 5.19. The summed E-state index contributed by atoms with van der Waals surface area (Å²) < 4.78 is 0. The van der Waals surface area contributed by atoms with E-state index in [0.717, 1.165) is 24.8 Å². The van der Waals surface area contributed by atoms with Crippen molar-refractivity contribution in [2.75, 3.05) is 0 Å². The van der Waals surface area contributed by atoms with Crippen LogP contribution in [0.3, 0.4) is 0 Å². The van der Waals surface area contributed by atoms with Crippen LogP contribution in [-0.4, -0.2) is 21.6 Å².